The van der Waals surface area contributed by atoms with Crippen LogP contribution in [0.1, 0.15) is 12.6 Å². The van der Waals surface area contributed by atoms with E-state index in [4.69, 9.17) is 14.2 Å². The van der Waals surface area contributed by atoms with Gasteiger partial charge >= 0.3 is 0 Å². The molecule has 0 aliphatic carbocycles. The predicted octanol–water partition coefficient (Wildman–Crippen LogP) is 0.909. The number of aromatic nitrogens is 1. The van der Waals surface area contributed by atoms with Crippen molar-refractivity contribution in [2.75, 3.05) is 47.1 Å². The highest BCUT2D eigenvalue weighted by atomic mass is 16.5. The molecule has 21 heavy (non-hydrogen) atoms. The molecular formula is C15H25N3O3. The highest BCUT2D eigenvalue weighted by Gasteiger charge is 2.24. The van der Waals surface area contributed by atoms with Gasteiger partial charge in [-0.05, 0) is 6.54 Å². The van der Waals surface area contributed by atoms with Crippen LogP contribution in [0.5, 0.6) is 11.5 Å². The standard InChI is InChI=1S/C15H25N3O3/c1-4-16-9-12-11-21-8-7-18(12)10-13-15(20-3)14(19-2)5-6-17-13/h5-6,12,16H,4,7-11H2,1-3H3. The quantitative estimate of drug-likeness (QED) is 0.807. The van der Waals surface area contributed by atoms with E-state index in [9.17, 15) is 0 Å². The maximum absolute atomic E-state index is 5.59. The Morgan fingerprint density at radius 3 is 3.00 bits per heavy atom. The summed E-state index contributed by atoms with van der Waals surface area (Å²) >= 11 is 0. The van der Waals surface area contributed by atoms with E-state index in [0.29, 0.717) is 11.8 Å². The highest BCUT2D eigenvalue weighted by Crippen LogP contribution is 2.30. The van der Waals surface area contributed by atoms with E-state index in [-0.39, 0.29) is 0 Å². The number of hydrogen-bond acceptors (Lipinski definition) is 6. The first-order chi connectivity index (χ1) is 10.3. The Bertz CT molecular complexity index is 442. The van der Waals surface area contributed by atoms with Crippen LogP contribution in [0.25, 0.3) is 0 Å². The molecule has 1 aromatic heterocycles. The summed E-state index contributed by atoms with van der Waals surface area (Å²) in [4.78, 5) is 6.84. The number of methoxy groups -OCH3 is 2. The van der Waals surface area contributed by atoms with Gasteiger partial charge in [0.05, 0.1) is 27.4 Å². The molecule has 1 atom stereocenters. The average Bonchev–Trinajstić information content (AvgIpc) is 2.53. The minimum Gasteiger partial charge on any atom is -0.493 e. The summed E-state index contributed by atoms with van der Waals surface area (Å²) in [5, 5.41) is 3.39. The number of pyridine rings is 1. The van der Waals surface area contributed by atoms with E-state index in [1.165, 1.54) is 0 Å². The minimum atomic E-state index is 0.358. The van der Waals surface area contributed by atoms with Crippen LogP contribution < -0.4 is 14.8 Å². The van der Waals surface area contributed by atoms with E-state index in [0.717, 1.165) is 50.8 Å². The largest absolute Gasteiger partial charge is 0.493 e. The molecule has 1 fully saturated rings. The number of ether oxygens (including phenoxy) is 3. The molecule has 0 aromatic carbocycles. The molecule has 6 heteroatoms. The Labute approximate surface area is 126 Å². The Kier molecular flexibility index (Phi) is 6.22. The first-order valence-electron chi connectivity index (χ1n) is 7.38. The Balaban J connectivity index is 2.11. The van der Waals surface area contributed by atoms with Gasteiger partial charge in [-0.25, -0.2) is 0 Å². The van der Waals surface area contributed by atoms with Crippen LogP contribution in [-0.2, 0) is 11.3 Å². The summed E-state index contributed by atoms with van der Waals surface area (Å²) in [5.41, 5.74) is 0.903. The first-order valence-corrected chi connectivity index (χ1v) is 7.38. The SMILES string of the molecule is CCNCC1COCCN1Cc1nccc(OC)c1OC. The molecule has 1 unspecified atom stereocenters. The second kappa shape index (κ2) is 8.17. The molecular weight excluding hydrogens is 270 g/mol. The third kappa shape index (κ3) is 4.06. The van der Waals surface area contributed by atoms with Crippen LogP contribution in [0.3, 0.4) is 0 Å². The molecule has 6 nitrogen and oxygen atoms in total. The molecule has 0 radical (unpaired) electrons. The second-order valence-electron chi connectivity index (χ2n) is 5.00. The fourth-order valence-electron chi connectivity index (χ4n) is 2.55. The number of likely N-dealkylation sites (N-methyl/N-ethyl adjacent to an activating group) is 1. The zero-order chi connectivity index (χ0) is 15.1. The van der Waals surface area contributed by atoms with Gasteiger partial charge in [-0.15, -0.1) is 0 Å². The van der Waals surface area contributed by atoms with Crippen molar-refractivity contribution in [3.05, 3.63) is 18.0 Å². The maximum atomic E-state index is 5.59. The summed E-state index contributed by atoms with van der Waals surface area (Å²) < 4.78 is 16.4. The van der Waals surface area contributed by atoms with Gasteiger partial charge in [-0.3, -0.25) is 9.88 Å². The Morgan fingerprint density at radius 1 is 1.43 bits per heavy atom. The molecule has 1 aromatic rings. The van der Waals surface area contributed by atoms with Gasteiger partial charge in [-0.2, -0.15) is 0 Å². The Hall–Kier alpha value is -1.37. The molecule has 1 aliphatic rings. The molecule has 1 saturated heterocycles. The van der Waals surface area contributed by atoms with Crippen molar-refractivity contribution in [2.24, 2.45) is 0 Å². The smallest absolute Gasteiger partial charge is 0.183 e. The van der Waals surface area contributed by atoms with Gasteiger partial charge in [0, 0.05) is 37.9 Å². The van der Waals surface area contributed by atoms with Crippen LogP contribution in [-0.4, -0.2) is 63.0 Å². The Morgan fingerprint density at radius 2 is 2.29 bits per heavy atom. The van der Waals surface area contributed by atoms with Crippen LogP contribution in [0.4, 0.5) is 0 Å². The summed E-state index contributed by atoms with van der Waals surface area (Å²) in [6, 6.07) is 2.18. The van der Waals surface area contributed by atoms with E-state index in [1.807, 2.05) is 6.07 Å². The van der Waals surface area contributed by atoms with Gasteiger partial charge in [0.25, 0.3) is 0 Å². The summed E-state index contributed by atoms with van der Waals surface area (Å²) in [7, 11) is 3.29. The van der Waals surface area contributed by atoms with Crippen molar-refractivity contribution in [1.29, 1.82) is 0 Å². The van der Waals surface area contributed by atoms with Gasteiger partial charge in [0.2, 0.25) is 0 Å². The van der Waals surface area contributed by atoms with E-state index in [2.05, 4.69) is 22.1 Å². The molecule has 1 aliphatic heterocycles. The van der Waals surface area contributed by atoms with E-state index in [1.54, 1.807) is 20.4 Å². The maximum Gasteiger partial charge on any atom is 0.183 e. The summed E-state index contributed by atoms with van der Waals surface area (Å²) in [5.74, 6) is 1.44. The number of nitrogens with one attached hydrogen (secondary N) is 1. The minimum absolute atomic E-state index is 0.358. The lowest BCUT2D eigenvalue weighted by molar-refractivity contribution is -0.0116. The average molecular weight is 295 g/mol. The van der Waals surface area contributed by atoms with Crippen molar-refractivity contribution in [2.45, 2.75) is 19.5 Å². The fourth-order valence-corrected chi connectivity index (χ4v) is 2.55. The third-order valence-electron chi connectivity index (χ3n) is 3.70. The van der Waals surface area contributed by atoms with Crippen molar-refractivity contribution in [3.8, 4) is 11.5 Å². The molecule has 118 valence electrons. The molecule has 2 rings (SSSR count). The van der Waals surface area contributed by atoms with Crippen LogP contribution in [0.15, 0.2) is 12.3 Å². The molecule has 0 spiro atoms. The predicted molar refractivity (Wildman–Crippen MR) is 80.9 cm³/mol. The van der Waals surface area contributed by atoms with E-state index >= 15 is 0 Å². The third-order valence-corrected chi connectivity index (χ3v) is 3.70. The zero-order valence-electron chi connectivity index (χ0n) is 13.1. The molecule has 2 heterocycles. The lowest BCUT2D eigenvalue weighted by Gasteiger charge is -2.35. The molecule has 0 saturated carbocycles. The number of nitrogens with zero attached hydrogens (tertiary/aromatic N) is 2. The normalized spacial score (nSPS) is 19.5. The number of morpholine rings is 1. The highest BCUT2D eigenvalue weighted by molar-refractivity contribution is 5.42. The van der Waals surface area contributed by atoms with Gasteiger partial charge in [-0.1, -0.05) is 6.92 Å². The lowest BCUT2D eigenvalue weighted by Crippen LogP contribution is -2.49. The topological polar surface area (TPSA) is 55.9 Å². The van der Waals surface area contributed by atoms with Gasteiger partial charge in [0.1, 0.15) is 5.69 Å². The summed E-state index contributed by atoms with van der Waals surface area (Å²) in [6.07, 6.45) is 1.76. The van der Waals surface area contributed by atoms with Crippen LogP contribution in [0.2, 0.25) is 0 Å². The fraction of sp³-hybridized carbons (Fsp3) is 0.667. The van der Waals surface area contributed by atoms with Crippen LogP contribution in [0, 0.1) is 0 Å². The van der Waals surface area contributed by atoms with Crippen LogP contribution >= 0.6 is 0 Å². The van der Waals surface area contributed by atoms with E-state index < -0.39 is 0 Å². The second-order valence-corrected chi connectivity index (χ2v) is 5.00. The van der Waals surface area contributed by atoms with Crippen molar-refractivity contribution >= 4 is 0 Å². The van der Waals surface area contributed by atoms with Crippen molar-refractivity contribution in [1.82, 2.24) is 15.2 Å². The van der Waals surface area contributed by atoms with Gasteiger partial charge < -0.3 is 19.5 Å². The summed E-state index contributed by atoms with van der Waals surface area (Å²) in [6.45, 7) is 7.14. The monoisotopic (exact) mass is 295 g/mol. The molecule has 0 amide bonds. The molecule has 0 bridgehead atoms. The first kappa shape index (κ1) is 16.0. The number of rotatable bonds is 7. The number of hydrogen-bond donors (Lipinski definition) is 1. The lowest BCUT2D eigenvalue weighted by atomic mass is 10.2. The van der Waals surface area contributed by atoms with Crippen molar-refractivity contribution < 1.29 is 14.2 Å². The zero-order valence-corrected chi connectivity index (χ0v) is 13.1. The molecule has 1 N–H and O–H groups in total. The van der Waals surface area contributed by atoms with Crippen molar-refractivity contribution in [3.63, 3.8) is 0 Å². The van der Waals surface area contributed by atoms with Gasteiger partial charge in [0.15, 0.2) is 11.5 Å².